The molecule has 2 aliphatic carbocycles. The first kappa shape index (κ1) is 19.4. The number of esters is 1. The number of fused-ring (bicyclic) bond motifs is 5. The number of amides is 3. The van der Waals surface area contributed by atoms with E-state index in [0.29, 0.717) is 11.4 Å². The van der Waals surface area contributed by atoms with Crippen molar-refractivity contribution in [2.45, 2.75) is 32.2 Å². The third-order valence-corrected chi connectivity index (χ3v) is 6.39. The van der Waals surface area contributed by atoms with Crippen LogP contribution in [-0.2, 0) is 23.9 Å². The molecule has 2 saturated carbocycles. The topological polar surface area (TPSA) is 102 Å². The van der Waals surface area contributed by atoms with Crippen LogP contribution in [0, 0.1) is 23.7 Å². The Hall–Kier alpha value is -2.90. The lowest BCUT2D eigenvalue weighted by Crippen LogP contribution is -2.45. The van der Waals surface area contributed by atoms with E-state index in [1.54, 1.807) is 24.3 Å². The van der Waals surface area contributed by atoms with E-state index < -0.39 is 24.5 Å². The average Bonchev–Trinajstić information content (AvgIpc) is 3.39. The molecule has 8 nitrogen and oxygen atoms in total. The number of carbonyl (C=O) groups is 4. The van der Waals surface area contributed by atoms with E-state index in [9.17, 15) is 19.2 Å². The summed E-state index contributed by atoms with van der Waals surface area (Å²) in [6, 6.07) is 5.74. The number of rotatable bonds is 6. The van der Waals surface area contributed by atoms with Gasteiger partial charge in [0, 0.05) is 11.8 Å². The minimum absolute atomic E-state index is 0.253. The van der Waals surface area contributed by atoms with Crippen molar-refractivity contribution >= 4 is 29.4 Å². The number of likely N-dealkylation sites (tertiary alicyclic amines) is 1. The maximum absolute atomic E-state index is 12.8. The van der Waals surface area contributed by atoms with Gasteiger partial charge in [-0.3, -0.25) is 19.3 Å². The molecule has 154 valence electrons. The van der Waals surface area contributed by atoms with Crippen LogP contribution in [0.1, 0.15) is 26.2 Å². The number of carbonyl (C=O) groups excluding carboxylic acids is 4. The van der Waals surface area contributed by atoms with E-state index in [1.165, 1.54) is 14.0 Å². The van der Waals surface area contributed by atoms with E-state index in [2.05, 4.69) is 5.32 Å². The Bertz CT molecular complexity index is 840. The molecule has 3 fully saturated rings. The van der Waals surface area contributed by atoms with Gasteiger partial charge in [0.05, 0.1) is 18.9 Å². The summed E-state index contributed by atoms with van der Waals surface area (Å²) in [7, 11) is 1.52. The molecular formula is C21H24N2O6. The van der Waals surface area contributed by atoms with Crippen molar-refractivity contribution in [1.29, 1.82) is 0 Å². The fourth-order valence-electron chi connectivity index (χ4n) is 5.07. The van der Waals surface area contributed by atoms with Crippen molar-refractivity contribution in [3.63, 3.8) is 0 Å². The molecule has 1 N–H and O–H groups in total. The van der Waals surface area contributed by atoms with Gasteiger partial charge in [-0.1, -0.05) is 6.07 Å². The second kappa shape index (κ2) is 7.50. The maximum Gasteiger partial charge on any atom is 0.329 e. The van der Waals surface area contributed by atoms with Gasteiger partial charge in [-0.25, -0.2) is 4.79 Å². The second-order valence-electron chi connectivity index (χ2n) is 8.00. The van der Waals surface area contributed by atoms with Gasteiger partial charge in [-0.2, -0.15) is 0 Å². The van der Waals surface area contributed by atoms with Gasteiger partial charge < -0.3 is 14.8 Å². The van der Waals surface area contributed by atoms with Gasteiger partial charge in [-0.05, 0) is 50.2 Å². The molecule has 0 unspecified atom stereocenters. The molecule has 0 radical (unpaired) electrons. The molecule has 4 rings (SSSR count). The van der Waals surface area contributed by atoms with Crippen LogP contribution >= 0.6 is 0 Å². The minimum atomic E-state index is -1.04. The molecule has 3 aliphatic rings. The molecule has 1 aliphatic heterocycles. The Morgan fingerprint density at radius 2 is 1.83 bits per heavy atom. The Balaban J connectivity index is 1.33. The van der Waals surface area contributed by atoms with Crippen molar-refractivity contribution in [2.75, 3.05) is 19.0 Å². The normalized spacial score (nSPS) is 28.3. The van der Waals surface area contributed by atoms with E-state index in [0.717, 1.165) is 24.2 Å². The Morgan fingerprint density at radius 3 is 2.45 bits per heavy atom. The average molecular weight is 400 g/mol. The molecule has 29 heavy (non-hydrogen) atoms. The number of anilines is 1. The fraction of sp³-hybridized carbons (Fsp3) is 0.524. The van der Waals surface area contributed by atoms with Crippen LogP contribution in [-0.4, -0.2) is 48.3 Å². The van der Waals surface area contributed by atoms with Gasteiger partial charge in [-0.15, -0.1) is 0 Å². The first-order valence-electron chi connectivity index (χ1n) is 9.88. The number of hydrogen-bond donors (Lipinski definition) is 1. The summed E-state index contributed by atoms with van der Waals surface area (Å²) in [6.45, 7) is 0.968. The smallest absolute Gasteiger partial charge is 0.329 e. The number of benzene rings is 1. The lowest BCUT2D eigenvalue weighted by atomic mass is 9.81. The maximum atomic E-state index is 12.8. The molecule has 0 aromatic heterocycles. The number of nitrogens with one attached hydrogen (secondary N) is 1. The Kier molecular flexibility index (Phi) is 5.02. The minimum Gasteiger partial charge on any atom is -0.497 e. The van der Waals surface area contributed by atoms with Crippen LogP contribution in [0.2, 0.25) is 0 Å². The number of ether oxygens (including phenoxy) is 2. The Labute approximate surface area is 168 Å². The quantitative estimate of drug-likeness (QED) is 0.575. The molecule has 1 saturated heterocycles. The van der Waals surface area contributed by atoms with Crippen molar-refractivity contribution in [3.05, 3.63) is 24.3 Å². The van der Waals surface area contributed by atoms with Crippen molar-refractivity contribution in [1.82, 2.24) is 4.90 Å². The zero-order valence-electron chi connectivity index (χ0n) is 16.4. The fourth-order valence-corrected chi connectivity index (χ4v) is 5.07. The van der Waals surface area contributed by atoms with Gasteiger partial charge >= 0.3 is 5.97 Å². The summed E-state index contributed by atoms with van der Waals surface area (Å²) >= 11 is 0. The van der Waals surface area contributed by atoms with Gasteiger partial charge in [0.25, 0.3) is 5.91 Å². The summed E-state index contributed by atoms with van der Waals surface area (Å²) in [5, 5.41) is 2.61. The summed E-state index contributed by atoms with van der Waals surface area (Å²) in [5.41, 5.74) is 0.506. The molecule has 0 spiro atoms. The van der Waals surface area contributed by atoms with Crippen LogP contribution in [0.5, 0.6) is 5.75 Å². The highest BCUT2D eigenvalue weighted by Crippen LogP contribution is 2.56. The summed E-state index contributed by atoms with van der Waals surface area (Å²) in [4.78, 5) is 51.1. The number of nitrogens with zero attached hydrogens (tertiary/aromatic N) is 1. The van der Waals surface area contributed by atoms with Crippen molar-refractivity contribution in [3.8, 4) is 5.75 Å². The SMILES string of the molecule is COc1cccc(NC(=O)COC(=O)[C@H](C)N2C(=O)[C@H]3[C@@H]4CC[C@@H](C4)[C@@H]3C2=O)c1. The van der Waals surface area contributed by atoms with Gasteiger partial charge in [0.1, 0.15) is 11.8 Å². The largest absolute Gasteiger partial charge is 0.497 e. The highest BCUT2D eigenvalue weighted by atomic mass is 16.5. The van der Waals surface area contributed by atoms with Crippen molar-refractivity contribution < 1.29 is 28.7 Å². The van der Waals surface area contributed by atoms with E-state index in [-0.39, 0.29) is 35.5 Å². The van der Waals surface area contributed by atoms with Crippen molar-refractivity contribution in [2.24, 2.45) is 23.7 Å². The predicted octanol–water partition coefficient (Wildman–Crippen LogP) is 1.60. The number of hydrogen-bond acceptors (Lipinski definition) is 6. The van der Waals surface area contributed by atoms with Crippen LogP contribution in [0.15, 0.2) is 24.3 Å². The molecule has 2 bridgehead atoms. The molecule has 1 aromatic carbocycles. The van der Waals surface area contributed by atoms with Crippen LogP contribution < -0.4 is 10.1 Å². The lowest BCUT2D eigenvalue weighted by molar-refractivity contribution is -0.159. The summed E-state index contributed by atoms with van der Waals surface area (Å²) in [6.07, 6.45) is 2.88. The third kappa shape index (κ3) is 3.36. The molecule has 3 amide bonds. The van der Waals surface area contributed by atoms with Crippen LogP contribution in [0.25, 0.3) is 0 Å². The number of imide groups is 1. The zero-order chi connectivity index (χ0) is 20.7. The van der Waals surface area contributed by atoms with Crippen LogP contribution in [0.3, 0.4) is 0 Å². The third-order valence-electron chi connectivity index (χ3n) is 6.39. The standard InChI is InChI=1S/C21H24N2O6/c1-11(23-19(25)17-12-6-7-13(8-12)18(17)20(23)26)21(27)29-10-16(24)22-14-4-3-5-15(9-14)28-2/h3-5,9,11-13,17-18H,6-8,10H2,1-2H3,(H,22,24)/t11-,12-,13+,17-,18-/m0/s1. The lowest BCUT2D eigenvalue weighted by Gasteiger charge is -2.23. The van der Waals surface area contributed by atoms with E-state index >= 15 is 0 Å². The van der Waals surface area contributed by atoms with Gasteiger partial charge in [0.15, 0.2) is 6.61 Å². The highest BCUT2D eigenvalue weighted by Gasteiger charge is 2.62. The number of methoxy groups -OCH3 is 1. The molecule has 8 heteroatoms. The first-order valence-corrected chi connectivity index (χ1v) is 9.88. The first-order chi connectivity index (χ1) is 13.9. The van der Waals surface area contributed by atoms with Crippen LogP contribution in [0.4, 0.5) is 5.69 Å². The summed E-state index contributed by atoms with van der Waals surface area (Å²) in [5.74, 6) is -1.30. The monoisotopic (exact) mass is 400 g/mol. The summed E-state index contributed by atoms with van der Waals surface area (Å²) < 4.78 is 10.2. The second-order valence-corrected chi connectivity index (χ2v) is 8.00. The highest BCUT2D eigenvalue weighted by molar-refractivity contribution is 6.08. The van der Waals surface area contributed by atoms with E-state index in [4.69, 9.17) is 9.47 Å². The Morgan fingerprint density at radius 1 is 1.17 bits per heavy atom. The molecule has 1 heterocycles. The van der Waals surface area contributed by atoms with Gasteiger partial charge in [0.2, 0.25) is 11.8 Å². The molecule has 1 aromatic rings. The molecule has 5 atom stereocenters. The zero-order valence-corrected chi connectivity index (χ0v) is 16.4. The van der Waals surface area contributed by atoms with E-state index in [1.807, 2.05) is 0 Å². The molecular weight excluding hydrogens is 376 g/mol. The predicted molar refractivity (Wildman–Crippen MR) is 102 cm³/mol.